The summed E-state index contributed by atoms with van der Waals surface area (Å²) >= 11 is 0. The van der Waals surface area contributed by atoms with Gasteiger partial charge in [0, 0.05) is 36.1 Å². The van der Waals surface area contributed by atoms with E-state index in [9.17, 15) is 14.3 Å². The maximum atomic E-state index is 13.2. The lowest BCUT2D eigenvalue weighted by Crippen LogP contribution is -2.30. The highest BCUT2D eigenvalue weighted by Gasteiger charge is 2.23. The van der Waals surface area contributed by atoms with Crippen LogP contribution in [0.1, 0.15) is 77.8 Å². The molecule has 28 heavy (non-hydrogen) atoms. The van der Waals surface area contributed by atoms with Crippen molar-refractivity contribution < 1.29 is 14.3 Å². The summed E-state index contributed by atoms with van der Waals surface area (Å²) in [5.41, 5.74) is 3.95. The minimum atomic E-state index is -0.882. The largest absolute Gasteiger partial charge is 0.478 e. The van der Waals surface area contributed by atoms with Crippen LogP contribution in [-0.4, -0.2) is 21.7 Å². The Morgan fingerprint density at radius 1 is 1.07 bits per heavy atom. The molecule has 1 aliphatic carbocycles. The molecule has 0 unspecified atom stereocenters. The molecule has 1 aliphatic rings. The molecule has 2 aromatic rings. The number of hydrogen-bond donors (Lipinski definition) is 2. The zero-order chi connectivity index (χ0) is 20.1. The zero-order valence-corrected chi connectivity index (χ0v) is 16.9. The van der Waals surface area contributed by atoms with E-state index in [1.54, 1.807) is 12.1 Å². The van der Waals surface area contributed by atoms with Crippen LogP contribution in [0, 0.1) is 19.7 Å². The van der Waals surface area contributed by atoms with Crippen molar-refractivity contribution in [3.05, 3.63) is 58.2 Å². The summed E-state index contributed by atoms with van der Waals surface area (Å²) in [6.07, 6.45) is 8.74. The van der Waals surface area contributed by atoms with Gasteiger partial charge in [0.05, 0.1) is 5.56 Å². The Bertz CT molecular complexity index is 803. The van der Waals surface area contributed by atoms with Crippen LogP contribution in [-0.2, 0) is 13.1 Å². The quantitative estimate of drug-likeness (QED) is 0.718. The van der Waals surface area contributed by atoms with Crippen LogP contribution >= 0.6 is 0 Å². The van der Waals surface area contributed by atoms with Gasteiger partial charge < -0.3 is 15.0 Å². The molecule has 5 heteroatoms. The number of hydrogen-bond acceptors (Lipinski definition) is 2. The number of aromatic nitrogens is 1. The highest BCUT2D eigenvalue weighted by atomic mass is 19.1. The van der Waals surface area contributed by atoms with Crippen molar-refractivity contribution in [2.75, 3.05) is 0 Å². The average Bonchev–Trinajstić information content (AvgIpc) is 2.87. The summed E-state index contributed by atoms with van der Waals surface area (Å²) in [7, 11) is 0. The van der Waals surface area contributed by atoms with Gasteiger partial charge in [0.2, 0.25) is 0 Å². The number of aromatic carboxylic acids is 1. The van der Waals surface area contributed by atoms with Crippen molar-refractivity contribution in [1.29, 1.82) is 0 Å². The highest BCUT2D eigenvalue weighted by Crippen LogP contribution is 2.25. The Labute approximate surface area is 166 Å². The first kappa shape index (κ1) is 20.6. The van der Waals surface area contributed by atoms with E-state index in [0.717, 1.165) is 35.4 Å². The normalized spacial score (nSPS) is 16.0. The second-order valence-corrected chi connectivity index (χ2v) is 7.97. The van der Waals surface area contributed by atoms with Gasteiger partial charge in [-0.15, -0.1) is 0 Å². The molecular formula is C23H31FN2O2. The first-order valence-corrected chi connectivity index (χ1v) is 10.4. The number of carboxylic acids is 1. The lowest BCUT2D eigenvalue weighted by atomic mass is 9.96. The van der Waals surface area contributed by atoms with E-state index in [4.69, 9.17) is 0 Å². The Morgan fingerprint density at radius 2 is 1.68 bits per heavy atom. The molecule has 1 saturated carbocycles. The first-order valence-electron chi connectivity index (χ1n) is 10.4. The summed E-state index contributed by atoms with van der Waals surface area (Å²) in [6, 6.07) is 6.85. The van der Waals surface area contributed by atoms with E-state index >= 15 is 0 Å². The van der Waals surface area contributed by atoms with E-state index in [0.29, 0.717) is 24.7 Å². The molecule has 1 heterocycles. The standard InChI is InChI=1S/C23H31FN2O2/c1-16-21(14-25-20-8-6-4-3-5-7-9-20)22(23(27)28)17(2)26(16)15-18-10-12-19(24)13-11-18/h10-13,20,25H,3-9,14-15H2,1-2H3,(H,27,28). The molecule has 4 nitrogen and oxygen atoms in total. The van der Waals surface area contributed by atoms with Crippen molar-refractivity contribution in [1.82, 2.24) is 9.88 Å². The van der Waals surface area contributed by atoms with Gasteiger partial charge in [0.1, 0.15) is 5.82 Å². The number of carbonyl (C=O) groups is 1. The Morgan fingerprint density at radius 3 is 2.29 bits per heavy atom. The SMILES string of the molecule is Cc1c(CNC2CCCCCCC2)c(C(=O)O)c(C)n1Cc1ccc(F)cc1. The summed E-state index contributed by atoms with van der Waals surface area (Å²) in [4.78, 5) is 12.0. The fourth-order valence-corrected chi connectivity index (χ4v) is 4.37. The number of rotatable bonds is 6. The van der Waals surface area contributed by atoms with Gasteiger partial charge in [-0.3, -0.25) is 0 Å². The molecule has 0 aliphatic heterocycles. The number of halogens is 1. The van der Waals surface area contributed by atoms with Crippen molar-refractivity contribution in [3.8, 4) is 0 Å². The smallest absolute Gasteiger partial charge is 0.337 e. The number of nitrogens with one attached hydrogen (secondary N) is 1. The van der Waals surface area contributed by atoms with Crippen LogP contribution in [0.15, 0.2) is 24.3 Å². The molecule has 0 spiro atoms. The van der Waals surface area contributed by atoms with Gasteiger partial charge >= 0.3 is 5.97 Å². The third-order valence-corrected chi connectivity index (χ3v) is 6.05. The predicted molar refractivity (Wildman–Crippen MR) is 109 cm³/mol. The number of benzene rings is 1. The fraction of sp³-hybridized carbons (Fsp3) is 0.522. The number of nitrogens with zero attached hydrogens (tertiary/aromatic N) is 1. The van der Waals surface area contributed by atoms with Crippen LogP contribution < -0.4 is 5.32 Å². The molecule has 0 amide bonds. The molecule has 1 aromatic carbocycles. The third-order valence-electron chi connectivity index (χ3n) is 6.05. The van der Waals surface area contributed by atoms with Gasteiger partial charge in [-0.2, -0.15) is 0 Å². The molecular weight excluding hydrogens is 355 g/mol. The second kappa shape index (κ2) is 9.37. The minimum absolute atomic E-state index is 0.264. The average molecular weight is 387 g/mol. The van der Waals surface area contributed by atoms with Gasteiger partial charge in [0.25, 0.3) is 0 Å². The Hall–Kier alpha value is -2.14. The predicted octanol–water partition coefficient (Wildman–Crippen LogP) is 5.19. The molecule has 0 atom stereocenters. The van der Waals surface area contributed by atoms with E-state index in [1.165, 1.54) is 44.2 Å². The molecule has 1 aromatic heterocycles. The van der Waals surface area contributed by atoms with E-state index in [1.807, 2.05) is 18.4 Å². The molecule has 0 radical (unpaired) electrons. The van der Waals surface area contributed by atoms with Crippen LogP contribution in [0.3, 0.4) is 0 Å². The van der Waals surface area contributed by atoms with Crippen molar-refractivity contribution in [3.63, 3.8) is 0 Å². The third kappa shape index (κ3) is 4.82. The molecule has 3 rings (SSSR count). The van der Waals surface area contributed by atoms with Gasteiger partial charge in [-0.05, 0) is 44.4 Å². The summed E-state index contributed by atoms with van der Waals surface area (Å²) in [5, 5.41) is 13.4. The van der Waals surface area contributed by atoms with Crippen LogP contribution in [0.5, 0.6) is 0 Å². The van der Waals surface area contributed by atoms with Crippen LogP contribution in [0.4, 0.5) is 4.39 Å². The molecule has 1 fully saturated rings. The molecule has 2 N–H and O–H groups in total. The van der Waals surface area contributed by atoms with Crippen LogP contribution in [0.2, 0.25) is 0 Å². The molecule has 152 valence electrons. The topological polar surface area (TPSA) is 54.3 Å². The van der Waals surface area contributed by atoms with E-state index in [-0.39, 0.29) is 5.82 Å². The van der Waals surface area contributed by atoms with Crippen molar-refractivity contribution >= 4 is 5.97 Å². The maximum Gasteiger partial charge on any atom is 0.337 e. The second-order valence-electron chi connectivity index (χ2n) is 7.97. The van der Waals surface area contributed by atoms with Crippen LogP contribution in [0.25, 0.3) is 0 Å². The van der Waals surface area contributed by atoms with Crippen molar-refractivity contribution in [2.24, 2.45) is 0 Å². The maximum absolute atomic E-state index is 13.2. The first-order chi connectivity index (χ1) is 13.5. The summed E-state index contributed by atoms with van der Waals surface area (Å²) in [5.74, 6) is -1.15. The lowest BCUT2D eigenvalue weighted by molar-refractivity contribution is 0.0694. The number of carboxylic acid groups (broad SMARTS) is 1. The monoisotopic (exact) mass is 386 g/mol. The minimum Gasteiger partial charge on any atom is -0.478 e. The molecule has 0 bridgehead atoms. The summed E-state index contributed by atoms with van der Waals surface area (Å²) in [6.45, 7) is 4.97. The van der Waals surface area contributed by atoms with Gasteiger partial charge in [-0.1, -0.05) is 44.2 Å². The van der Waals surface area contributed by atoms with Gasteiger partial charge in [0.15, 0.2) is 0 Å². The summed E-state index contributed by atoms with van der Waals surface area (Å²) < 4.78 is 15.2. The Balaban J connectivity index is 1.81. The molecule has 0 saturated heterocycles. The lowest BCUT2D eigenvalue weighted by Gasteiger charge is -2.21. The van der Waals surface area contributed by atoms with Crippen molar-refractivity contribution in [2.45, 2.75) is 77.9 Å². The Kier molecular flexibility index (Phi) is 6.89. The highest BCUT2D eigenvalue weighted by molar-refractivity contribution is 5.91. The van der Waals surface area contributed by atoms with E-state index < -0.39 is 5.97 Å². The fourth-order valence-electron chi connectivity index (χ4n) is 4.37. The van der Waals surface area contributed by atoms with E-state index in [2.05, 4.69) is 5.32 Å². The van der Waals surface area contributed by atoms with Gasteiger partial charge in [-0.25, -0.2) is 9.18 Å². The zero-order valence-electron chi connectivity index (χ0n) is 16.9.